The molecule has 0 aliphatic rings. The van der Waals surface area contributed by atoms with Crippen LogP contribution in [0.15, 0.2) is 46.9 Å². The van der Waals surface area contributed by atoms with Gasteiger partial charge in [-0.3, -0.25) is 9.71 Å². The summed E-state index contributed by atoms with van der Waals surface area (Å²) in [6, 6.07) is 8.37. The van der Waals surface area contributed by atoms with E-state index in [0.29, 0.717) is 10.9 Å². The molecule has 0 aliphatic heterocycles. The first-order chi connectivity index (χ1) is 9.17. The SMILES string of the molecule is O=S(=O)(Nc1nncs1)c1cccc2ncccc12. The first-order valence-corrected chi connectivity index (χ1v) is 7.66. The van der Waals surface area contributed by atoms with Gasteiger partial charge in [-0.25, -0.2) is 8.42 Å². The minimum absolute atomic E-state index is 0.174. The first kappa shape index (κ1) is 12.0. The van der Waals surface area contributed by atoms with Gasteiger partial charge in [-0.15, -0.1) is 10.2 Å². The van der Waals surface area contributed by atoms with Gasteiger partial charge in [-0.05, 0) is 24.3 Å². The summed E-state index contributed by atoms with van der Waals surface area (Å²) in [5.74, 6) is 0. The van der Waals surface area contributed by atoms with Crippen molar-refractivity contribution in [2.24, 2.45) is 0 Å². The molecule has 0 radical (unpaired) electrons. The highest BCUT2D eigenvalue weighted by molar-refractivity contribution is 7.93. The number of hydrogen-bond acceptors (Lipinski definition) is 6. The molecule has 0 bridgehead atoms. The highest BCUT2D eigenvalue weighted by atomic mass is 32.2. The molecule has 2 aromatic heterocycles. The molecule has 3 rings (SSSR count). The quantitative estimate of drug-likeness (QED) is 0.796. The average molecular weight is 292 g/mol. The van der Waals surface area contributed by atoms with Gasteiger partial charge in [0.15, 0.2) is 0 Å². The number of rotatable bonds is 3. The third-order valence-electron chi connectivity index (χ3n) is 2.48. The Bertz CT molecular complexity index is 810. The van der Waals surface area contributed by atoms with Gasteiger partial charge in [0, 0.05) is 11.6 Å². The fourth-order valence-electron chi connectivity index (χ4n) is 1.70. The van der Waals surface area contributed by atoms with Crippen molar-refractivity contribution in [3.63, 3.8) is 0 Å². The second-order valence-electron chi connectivity index (χ2n) is 3.68. The normalized spacial score (nSPS) is 11.6. The molecule has 0 amide bonds. The lowest BCUT2D eigenvalue weighted by Gasteiger charge is -2.07. The zero-order valence-corrected chi connectivity index (χ0v) is 11.1. The minimum Gasteiger partial charge on any atom is -0.256 e. The Kier molecular flexibility index (Phi) is 2.88. The number of fused-ring (bicyclic) bond motifs is 1. The molecule has 0 saturated carbocycles. The number of nitrogens with zero attached hydrogens (tertiary/aromatic N) is 3. The van der Waals surface area contributed by atoms with Crippen molar-refractivity contribution in [1.29, 1.82) is 0 Å². The van der Waals surface area contributed by atoms with Crippen LogP contribution in [0.3, 0.4) is 0 Å². The van der Waals surface area contributed by atoms with Crippen molar-refractivity contribution in [2.75, 3.05) is 4.72 Å². The van der Waals surface area contributed by atoms with Crippen molar-refractivity contribution in [3.05, 3.63) is 42.0 Å². The van der Waals surface area contributed by atoms with Crippen LogP contribution in [0, 0.1) is 0 Å². The van der Waals surface area contributed by atoms with Gasteiger partial charge in [0.2, 0.25) is 5.13 Å². The number of anilines is 1. The van der Waals surface area contributed by atoms with Crippen LogP contribution < -0.4 is 4.72 Å². The average Bonchev–Trinajstić information content (AvgIpc) is 2.90. The lowest BCUT2D eigenvalue weighted by atomic mass is 10.2. The van der Waals surface area contributed by atoms with Gasteiger partial charge < -0.3 is 0 Å². The van der Waals surface area contributed by atoms with E-state index in [1.165, 1.54) is 11.6 Å². The number of pyridine rings is 1. The highest BCUT2D eigenvalue weighted by Gasteiger charge is 2.18. The van der Waals surface area contributed by atoms with E-state index in [2.05, 4.69) is 19.9 Å². The molecule has 3 aromatic rings. The molecule has 0 atom stereocenters. The Hall–Kier alpha value is -2.06. The molecule has 1 N–H and O–H groups in total. The number of hydrogen-bond donors (Lipinski definition) is 1. The van der Waals surface area contributed by atoms with E-state index in [9.17, 15) is 8.42 Å². The molecule has 19 heavy (non-hydrogen) atoms. The Morgan fingerprint density at radius 3 is 2.84 bits per heavy atom. The number of aromatic nitrogens is 3. The van der Waals surface area contributed by atoms with Crippen molar-refractivity contribution < 1.29 is 8.42 Å². The van der Waals surface area contributed by atoms with E-state index in [-0.39, 0.29) is 10.0 Å². The number of benzene rings is 1. The van der Waals surface area contributed by atoms with E-state index < -0.39 is 10.0 Å². The van der Waals surface area contributed by atoms with E-state index in [4.69, 9.17) is 0 Å². The van der Waals surface area contributed by atoms with Crippen LogP contribution in [0.5, 0.6) is 0 Å². The van der Waals surface area contributed by atoms with Crippen LogP contribution in [-0.2, 0) is 10.0 Å². The van der Waals surface area contributed by atoms with Crippen LogP contribution in [0.2, 0.25) is 0 Å². The van der Waals surface area contributed by atoms with E-state index >= 15 is 0 Å². The zero-order chi connectivity index (χ0) is 13.3. The third-order valence-corrected chi connectivity index (χ3v) is 4.61. The number of sulfonamides is 1. The molecule has 0 unspecified atom stereocenters. The molecule has 2 heterocycles. The molecule has 0 fully saturated rings. The van der Waals surface area contributed by atoms with Gasteiger partial charge in [0.1, 0.15) is 5.51 Å². The summed E-state index contributed by atoms with van der Waals surface area (Å²) >= 11 is 1.12. The minimum atomic E-state index is -3.69. The second kappa shape index (κ2) is 4.56. The summed E-state index contributed by atoms with van der Waals surface area (Å²) in [6.45, 7) is 0. The van der Waals surface area contributed by atoms with Crippen molar-refractivity contribution in [1.82, 2.24) is 15.2 Å². The molecular weight excluding hydrogens is 284 g/mol. The number of nitrogens with one attached hydrogen (secondary N) is 1. The van der Waals surface area contributed by atoms with Gasteiger partial charge in [0.05, 0.1) is 10.4 Å². The lowest BCUT2D eigenvalue weighted by Crippen LogP contribution is -2.13. The molecule has 8 heteroatoms. The lowest BCUT2D eigenvalue weighted by molar-refractivity contribution is 0.602. The van der Waals surface area contributed by atoms with Crippen molar-refractivity contribution in [3.8, 4) is 0 Å². The summed E-state index contributed by atoms with van der Waals surface area (Å²) in [6.07, 6.45) is 1.62. The topological polar surface area (TPSA) is 84.8 Å². The van der Waals surface area contributed by atoms with Crippen molar-refractivity contribution >= 4 is 37.4 Å². The van der Waals surface area contributed by atoms with Crippen LogP contribution in [0.25, 0.3) is 10.9 Å². The Morgan fingerprint density at radius 1 is 1.16 bits per heavy atom. The first-order valence-electron chi connectivity index (χ1n) is 5.29. The third kappa shape index (κ3) is 2.27. The fourth-order valence-corrected chi connectivity index (χ4v) is 3.61. The fraction of sp³-hybridized carbons (Fsp3) is 0. The van der Waals surface area contributed by atoms with Gasteiger partial charge in [-0.2, -0.15) is 0 Å². The van der Waals surface area contributed by atoms with Crippen LogP contribution >= 0.6 is 11.3 Å². The van der Waals surface area contributed by atoms with E-state index in [1.54, 1.807) is 30.5 Å². The molecule has 0 spiro atoms. The standard InChI is InChI=1S/C11H8N4O2S2/c16-19(17,15-11-14-13-7-18-11)10-5-1-4-9-8(10)3-2-6-12-9/h1-7H,(H,14,15). The van der Waals surface area contributed by atoms with Crippen LogP contribution in [0.1, 0.15) is 0 Å². The summed E-state index contributed by atoms with van der Waals surface area (Å²) in [5.41, 5.74) is 2.09. The molecule has 0 aliphatic carbocycles. The molecule has 6 nitrogen and oxygen atoms in total. The highest BCUT2D eigenvalue weighted by Crippen LogP contribution is 2.23. The monoisotopic (exact) mass is 292 g/mol. The Morgan fingerprint density at radius 2 is 2.05 bits per heavy atom. The molecule has 1 aromatic carbocycles. The van der Waals surface area contributed by atoms with Crippen LogP contribution in [0.4, 0.5) is 5.13 Å². The summed E-state index contributed by atoms with van der Waals surface area (Å²) in [4.78, 5) is 4.31. The predicted octanol–water partition coefficient (Wildman–Crippen LogP) is 1.89. The largest absolute Gasteiger partial charge is 0.264 e. The summed E-state index contributed by atoms with van der Waals surface area (Å²) in [5, 5.41) is 8.07. The van der Waals surface area contributed by atoms with Gasteiger partial charge in [-0.1, -0.05) is 17.4 Å². The maximum atomic E-state index is 12.3. The summed E-state index contributed by atoms with van der Waals surface area (Å²) < 4.78 is 27.0. The van der Waals surface area contributed by atoms with E-state index in [1.807, 2.05) is 0 Å². The van der Waals surface area contributed by atoms with Gasteiger partial charge in [0.25, 0.3) is 10.0 Å². The smallest absolute Gasteiger partial charge is 0.256 e. The molecular formula is C11H8N4O2S2. The molecule has 96 valence electrons. The zero-order valence-electron chi connectivity index (χ0n) is 9.52. The van der Waals surface area contributed by atoms with Crippen molar-refractivity contribution in [2.45, 2.75) is 4.90 Å². The second-order valence-corrected chi connectivity index (χ2v) is 6.16. The maximum Gasteiger partial charge on any atom is 0.264 e. The molecule has 0 saturated heterocycles. The Labute approximate surface area is 113 Å². The van der Waals surface area contributed by atoms with E-state index in [0.717, 1.165) is 11.3 Å². The van der Waals surface area contributed by atoms with Gasteiger partial charge >= 0.3 is 0 Å². The summed E-state index contributed by atoms with van der Waals surface area (Å²) in [7, 11) is -3.69. The Balaban J connectivity index is 2.13. The van der Waals surface area contributed by atoms with Crippen LogP contribution in [-0.4, -0.2) is 23.6 Å². The predicted molar refractivity (Wildman–Crippen MR) is 72.5 cm³/mol. The maximum absolute atomic E-state index is 12.3.